The summed E-state index contributed by atoms with van der Waals surface area (Å²) in [4.78, 5) is 12.9. The molecule has 0 saturated carbocycles. The number of aryl methyl sites for hydroxylation is 1. The van der Waals surface area contributed by atoms with Crippen molar-refractivity contribution < 1.29 is 9.53 Å². The topological polar surface area (TPSA) is 50.4 Å². The number of carbonyl (C=O) groups is 1. The molecule has 0 aliphatic carbocycles. The van der Waals surface area contributed by atoms with Gasteiger partial charge in [-0.05, 0) is 43.0 Å². The summed E-state index contributed by atoms with van der Waals surface area (Å²) < 4.78 is 5.66. The van der Waals surface area contributed by atoms with Gasteiger partial charge in [-0.2, -0.15) is 0 Å². The number of benzene rings is 1. The van der Waals surface area contributed by atoms with Crippen molar-refractivity contribution in [3.05, 3.63) is 52.2 Å². The Bertz CT molecular complexity index is 569. The van der Waals surface area contributed by atoms with E-state index >= 15 is 0 Å². The Morgan fingerprint density at radius 3 is 2.90 bits per heavy atom. The van der Waals surface area contributed by atoms with E-state index in [-0.39, 0.29) is 12.1 Å². The molecule has 1 unspecified atom stereocenters. The van der Waals surface area contributed by atoms with Crippen LogP contribution in [0.1, 0.15) is 17.4 Å². The summed E-state index contributed by atoms with van der Waals surface area (Å²) in [6.45, 7) is 4.93. The first kappa shape index (κ1) is 15.4. The molecule has 2 N–H and O–H groups in total. The molecule has 0 aliphatic heterocycles. The maximum Gasteiger partial charge on any atom is 0.315 e. The summed E-state index contributed by atoms with van der Waals surface area (Å²) in [6, 6.07) is 11.6. The average molecular weight is 304 g/mol. The fourth-order valence-electron chi connectivity index (χ4n) is 1.82. The first-order valence-electron chi connectivity index (χ1n) is 6.89. The predicted octanol–water partition coefficient (Wildman–Crippen LogP) is 3.32. The van der Waals surface area contributed by atoms with Crippen LogP contribution in [0.2, 0.25) is 0 Å². The minimum atomic E-state index is -0.177. The van der Waals surface area contributed by atoms with Crippen molar-refractivity contribution in [1.82, 2.24) is 10.6 Å². The summed E-state index contributed by atoms with van der Waals surface area (Å²) in [5.41, 5.74) is 1.15. The summed E-state index contributed by atoms with van der Waals surface area (Å²) in [5, 5.41) is 7.68. The van der Waals surface area contributed by atoms with Gasteiger partial charge in [0.15, 0.2) is 0 Å². The highest BCUT2D eigenvalue weighted by molar-refractivity contribution is 7.09. The first-order chi connectivity index (χ1) is 10.1. The van der Waals surface area contributed by atoms with Crippen LogP contribution in [-0.4, -0.2) is 18.7 Å². The second-order valence-corrected chi connectivity index (χ2v) is 5.97. The molecule has 1 aromatic carbocycles. The second-order valence-electron chi connectivity index (χ2n) is 4.93. The van der Waals surface area contributed by atoms with Crippen LogP contribution in [0.15, 0.2) is 41.8 Å². The largest absolute Gasteiger partial charge is 0.491 e. The van der Waals surface area contributed by atoms with Crippen molar-refractivity contribution in [2.75, 3.05) is 6.61 Å². The number of amides is 2. The zero-order valence-corrected chi connectivity index (χ0v) is 13.1. The first-order valence-corrected chi connectivity index (χ1v) is 7.77. The number of rotatable bonds is 6. The van der Waals surface area contributed by atoms with Crippen LogP contribution in [-0.2, 0) is 6.54 Å². The molecule has 1 heterocycles. The van der Waals surface area contributed by atoms with Crippen molar-refractivity contribution >= 4 is 17.4 Å². The minimum Gasteiger partial charge on any atom is -0.491 e. The Hall–Kier alpha value is -2.01. The van der Waals surface area contributed by atoms with Crippen LogP contribution in [0.4, 0.5) is 4.79 Å². The molecule has 5 heteroatoms. The van der Waals surface area contributed by atoms with Gasteiger partial charge in [0.25, 0.3) is 0 Å². The number of carbonyl (C=O) groups excluding carboxylic acids is 1. The molecule has 21 heavy (non-hydrogen) atoms. The van der Waals surface area contributed by atoms with E-state index in [0.29, 0.717) is 13.2 Å². The lowest BCUT2D eigenvalue weighted by molar-refractivity contribution is 0.226. The van der Waals surface area contributed by atoms with E-state index in [1.807, 2.05) is 55.6 Å². The van der Waals surface area contributed by atoms with Crippen LogP contribution >= 0.6 is 11.3 Å². The lowest BCUT2D eigenvalue weighted by atomic mass is 10.2. The van der Waals surface area contributed by atoms with E-state index < -0.39 is 0 Å². The Morgan fingerprint density at radius 2 is 2.19 bits per heavy atom. The summed E-state index contributed by atoms with van der Waals surface area (Å²) in [5.74, 6) is 0.822. The van der Waals surface area contributed by atoms with E-state index in [1.165, 1.54) is 0 Å². The van der Waals surface area contributed by atoms with Gasteiger partial charge < -0.3 is 15.4 Å². The summed E-state index contributed by atoms with van der Waals surface area (Å²) in [6.07, 6.45) is 0. The van der Waals surface area contributed by atoms with Gasteiger partial charge >= 0.3 is 6.03 Å². The van der Waals surface area contributed by atoms with Gasteiger partial charge in [-0.15, -0.1) is 11.3 Å². The zero-order chi connectivity index (χ0) is 15.1. The normalized spacial score (nSPS) is 11.7. The Balaban J connectivity index is 1.68. The highest BCUT2D eigenvalue weighted by Gasteiger charge is 2.08. The third kappa shape index (κ3) is 5.47. The van der Waals surface area contributed by atoms with Gasteiger partial charge in [-0.3, -0.25) is 0 Å². The Morgan fingerprint density at radius 1 is 1.33 bits per heavy atom. The molecule has 0 fully saturated rings. The van der Waals surface area contributed by atoms with Crippen molar-refractivity contribution in [3.8, 4) is 5.75 Å². The van der Waals surface area contributed by atoms with Crippen LogP contribution in [0.25, 0.3) is 0 Å². The van der Waals surface area contributed by atoms with Gasteiger partial charge in [0.2, 0.25) is 0 Å². The summed E-state index contributed by atoms with van der Waals surface area (Å²) in [7, 11) is 0. The number of nitrogens with one attached hydrogen (secondary N) is 2. The molecule has 2 amide bonds. The van der Waals surface area contributed by atoms with Gasteiger partial charge in [0, 0.05) is 4.88 Å². The molecule has 2 aromatic rings. The van der Waals surface area contributed by atoms with Crippen LogP contribution in [0.5, 0.6) is 5.75 Å². The van der Waals surface area contributed by atoms with Crippen molar-refractivity contribution in [3.63, 3.8) is 0 Å². The number of hydrogen-bond acceptors (Lipinski definition) is 3. The highest BCUT2D eigenvalue weighted by atomic mass is 32.1. The van der Waals surface area contributed by atoms with Crippen LogP contribution in [0, 0.1) is 6.92 Å². The molecule has 112 valence electrons. The molecule has 2 rings (SSSR count). The quantitative estimate of drug-likeness (QED) is 0.860. The Kier molecular flexibility index (Phi) is 5.63. The third-order valence-corrected chi connectivity index (χ3v) is 3.75. The standard InChI is InChI=1S/C16H20N2O2S/c1-12-5-3-6-14(9-12)20-11-13(2)18-16(19)17-10-15-7-4-8-21-15/h3-9,13H,10-11H2,1-2H3,(H2,17,18,19). The third-order valence-electron chi connectivity index (χ3n) is 2.87. The molecule has 0 radical (unpaired) electrons. The molecule has 0 spiro atoms. The number of urea groups is 1. The SMILES string of the molecule is Cc1cccc(OCC(C)NC(=O)NCc2cccs2)c1. The van der Waals surface area contributed by atoms with E-state index in [1.54, 1.807) is 11.3 Å². The van der Waals surface area contributed by atoms with Crippen molar-refractivity contribution in [2.45, 2.75) is 26.4 Å². The molecular formula is C16H20N2O2S. The smallest absolute Gasteiger partial charge is 0.315 e. The maximum atomic E-state index is 11.7. The molecule has 0 bridgehead atoms. The van der Waals surface area contributed by atoms with Crippen LogP contribution in [0.3, 0.4) is 0 Å². The Labute approximate surface area is 129 Å². The number of hydrogen-bond donors (Lipinski definition) is 2. The van der Waals surface area contributed by atoms with E-state index in [4.69, 9.17) is 4.74 Å². The van der Waals surface area contributed by atoms with Gasteiger partial charge in [0.05, 0.1) is 12.6 Å². The lowest BCUT2D eigenvalue weighted by Crippen LogP contribution is -2.42. The number of thiophene rings is 1. The zero-order valence-electron chi connectivity index (χ0n) is 12.3. The molecule has 4 nitrogen and oxygen atoms in total. The van der Waals surface area contributed by atoms with Gasteiger partial charge in [-0.25, -0.2) is 4.79 Å². The van der Waals surface area contributed by atoms with E-state index in [2.05, 4.69) is 10.6 Å². The lowest BCUT2D eigenvalue weighted by Gasteiger charge is -2.15. The van der Waals surface area contributed by atoms with Gasteiger partial charge in [0.1, 0.15) is 12.4 Å². The fraction of sp³-hybridized carbons (Fsp3) is 0.312. The van der Waals surface area contributed by atoms with Crippen molar-refractivity contribution in [2.24, 2.45) is 0 Å². The molecule has 1 atom stereocenters. The molecular weight excluding hydrogens is 284 g/mol. The second kappa shape index (κ2) is 7.69. The molecule has 0 saturated heterocycles. The minimum absolute atomic E-state index is 0.0613. The van der Waals surface area contributed by atoms with E-state index in [9.17, 15) is 4.79 Å². The average Bonchev–Trinajstić information content (AvgIpc) is 2.96. The predicted molar refractivity (Wildman–Crippen MR) is 85.8 cm³/mol. The summed E-state index contributed by atoms with van der Waals surface area (Å²) >= 11 is 1.63. The monoisotopic (exact) mass is 304 g/mol. The molecule has 0 aliphatic rings. The fourth-order valence-corrected chi connectivity index (χ4v) is 2.47. The van der Waals surface area contributed by atoms with E-state index in [0.717, 1.165) is 16.2 Å². The highest BCUT2D eigenvalue weighted by Crippen LogP contribution is 2.12. The molecule has 1 aromatic heterocycles. The van der Waals surface area contributed by atoms with Gasteiger partial charge in [-0.1, -0.05) is 18.2 Å². The maximum absolute atomic E-state index is 11.7. The number of ether oxygens (including phenoxy) is 1. The van der Waals surface area contributed by atoms with Crippen molar-refractivity contribution in [1.29, 1.82) is 0 Å². The van der Waals surface area contributed by atoms with Crippen LogP contribution < -0.4 is 15.4 Å².